The van der Waals surface area contributed by atoms with Gasteiger partial charge < -0.3 is 19.9 Å². The molecule has 1 saturated heterocycles. The second kappa shape index (κ2) is 16.3. The molecule has 7 rings (SSSR count). The SMILES string of the molecule is C=N/C(=C\C=C/Cc1ccc(C#N)cc1F)C1CCN(Cc2nc3c(n2CC(C)OCCC)=CCC(C(=O)Nc2cc(C)c4c(c2)C2(CC2)C(=O)N4)C=3)CC1. The molecule has 2 N–H and O–H groups in total. The first-order valence-electron chi connectivity index (χ1n) is 19.5. The number of hydrogen-bond acceptors (Lipinski definition) is 7. The second-order valence-electron chi connectivity index (χ2n) is 15.4. The third-order valence-electron chi connectivity index (χ3n) is 11.4. The van der Waals surface area contributed by atoms with Gasteiger partial charge in [0, 0.05) is 29.6 Å². The lowest BCUT2D eigenvalue weighted by Gasteiger charge is -2.32. The number of benzene rings is 2. The summed E-state index contributed by atoms with van der Waals surface area (Å²) in [6.07, 6.45) is 15.4. The monoisotopic (exact) mass is 743 g/mol. The van der Waals surface area contributed by atoms with Crippen LogP contribution in [0.1, 0.15) is 80.5 Å². The van der Waals surface area contributed by atoms with Gasteiger partial charge in [-0.1, -0.05) is 31.2 Å². The van der Waals surface area contributed by atoms with Crippen molar-refractivity contribution in [3.63, 3.8) is 0 Å². The number of aromatic nitrogens is 2. The normalized spacial score (nSPS) is 19.6. The number of anilines is 2. The number of halogens is 1. The van der Waals surface area contributed by atoms with E-state index >= 15 is 0 Å². The Morgan fingerprint density at radius 2 is 2.07 bits per heavy atom. The Hall–Kier alpha value is -5.18. The van der Waals surface area contributed by atoms with Crippen molar-refractivity contribution in [1.82, 2.24) is 14.5 Å². The Kier molecular flexibility index (Phi) is 11.3. The predicted octanol–water partition coefficient (Wildman–Crippen LogP) is 5.82. The van der Waals surface area contributed by atoms with Crippen LogP contribution in [0.2, 0.25) is 0 Å². The van der Waals surface area contributed by atoms with E-state index in [1.807, 2.05) is 49.4 Å². The summed E-state index contributed by atoms with van der Waals surface area (Å²) in [6, 6.07) is 10.4. The largest absolute Gasteiger partial charge is 0.377 e. The molecule has 1 aromatic heterocycles. The molecule has 2 amide bonds. The van der Waals surface area contributed by atoms with Crippen molar-refractivity contribution in [3.8, 4) is 6.07 Å². The number of carbonyl (C=O) groups excluding carboxylic acids is 2. The summed E-state index contributed by atoms with van der Waals surface area (Å²) in [4.78, 5) is 38.2. The third-order valence-corrected chi connectivity index (χ3v) is 11.4. The van der Waals surface area contributed by atoms with E-state index in [9.17, 15) is 14.0 Å². The van der Waals surface area contributed by atoms with Crippen molar-refractivity contribution in [2.45, 2.75) is 90.3 Å². The lowest BCUT2D eigenvalue weighted by atomic mass is 9.93. The van der Waals surface area contributed by atoms with Gasteiger partial charge in [0.15, 0.2) is 0 Å². The molecule has 4 aliphatic rings. The minimum Gasteiger partial charge on any atom is -0.377 e. The molecule has 0 bridgehead atoms. The van der Waals surface area contributed by atoms with Gasteiger partial charge in [-0.2, -0.15) is 5.26 Å². The molecule has 10 nitrogen and oxygen atoms in total. The highest BCUT2D eigenvalue weighted by Crippen LogP contribution is 2.56. The molecule has 1 saturated carbocycles. The van der Waals surface area contributed by atoms with Gasteiger partial charge in [0.1, 0.15) is 11.6 Å². The number of aryl methyl sites for hydroxylation is 1. The average molecular weight is 744 g/mol. The number of rotatable bonds is 14. The summed E-state index contributed by atoms with van der Waals surface area (Å²) in [5.41, 5.74) is 4.92. The van der Waals surface area contributed by atoms with Gasteiger partial charge in [-0.25, -0.2) is 9.37 Å². The van der Waals surface area contributed by atoms with E-state index in [4.69, 9.17) is 15.0 Å². The molecule has 55 heavy (non-hydrogen) atoms. The number of aliphatic imine (C=N–C) groups is 1. The van der Waals surface area contributed by atoms with E-state index in [0.717, 1.165) is 89.9 Å². The minimum atomic E-state index is -0.423. The van der Waals surface area contributed by atoms with E-state index in [2.05, 4.69) is 51.7 Å². The molecule has 2 aromatic carbocycles. The summed E-state index contributed by atoms with van der Waals surface area (Å²) >= 11 is 0. The first kappa shape index (κ1) is 38.1. The topological polar surface area (TPSA) is 125 Å². The molecular formula is C44H50FN7O3. The van der Waals surface area contributed by atoms with Crippen LogP contribution in [0, 0.1) is 35.9 Å². The van der Waals surface area contributed by atoms with Crippen LogP contribution in [0.15, 0.2) is 59.2 Å². The van der Waals surface area contributed by atoms with Crippen LogP contribution in [0.5, 0.6) is 0 Å². The zero-order chi connectivity index (χ0) is 38.7. The number of allylic oxidation sites excluding steroid dienone is 4. The first-order valence-corrected chi connectivity index (χ1v) is 19.5. The second-order valence-corrected chi connectivity index (χ2v) is 15.4. The lowest BCUT2D eigenvalue weighted by molar-refractivity contribution is -0.118. The van der Waals surface area contributed by atoms with Crippen molar-refractivity contribution in [3.05, 3.63) is 98.9 Å². The van der Waals surface area contributed by atoms with Gasteiger partial charge in [-0.05, 0) is 132 Å². The molecule has 0 radical (unpaired) electrons. The fourth-order valence-electron chi connectivity index (χ4n) is 8.17. The molecule has 3 aromatic rings. The maximum atomic E-state index is 14.3. The fourth-order valence-corrected chi connectivity index (χ4v) is 8.17. The number of carbonyl (C=O) groups is 2. The standard InChI is InChI=1S/C44H50FN7O3/c1-5-20-55-29(3)26-52-39-13-12-33(42(53)48-34-21-28(2)41-35(24-34)44(16-17-44)43(54)50-41)23-38(39)49-40(52)27-51-18-14-32(15-19-51)37(47-4)9-7-6-8-31-11-10-30(25-46)22-36(31)45/h6-7,9-11,13,21-24,29,32-33H,4-5,8,12,14-20,26-27H2,1-3H3,(H,48,53)(H,50,54)/b7-6-,37-9-. The molecule has 2 unspecified atom stereocenters. The van der Waals surface area contributed by atoms with Gasteiger partial charge in [0.2, 0.25) is 11.8 Å². The van der Waals surface area contributed by atoms with E-state index in [0.29, 0.717) is 43.7 Å². The van der Waals surface area contributed by atoms with Gasteiger partial charge >= 0.3 is 0 Å². The van der Waals surface area contributed by atoms with Gasteiger partial charge in [-0.15, -0.1) is 0 Å². The van der Waals surface area contributed by atoms with Gasteiger partial charge in [0.05, 0.1) is 52.9 Å². The Morgan fingerprint density at radius 3 is 2.78 bits per heavy atom. The van der Waals surface area contributed by atoms with Crippen LogP contribution >= 0.6 is 0 Å². The van der Waals surface area contributed by atoms with Gasteiger partial charge in [0.25, 0.3) is 0 Å². The minimum absolute atomic E-state index is 0.00385. The van der Waals surface area contributed by atoms with Crippen molar-refractivity contribution >= 4 is 42.1 Å². The van der Waals surface area contributed by atoms with Crippen LogP contribution in [0.25, 0.3) is 12.2 Å². The summed E-state index contributed by atoms with van der Waals surface area (Å²) in [7, 11) is 0. The number of hydrogen-bond donors (Lipinski definition) is 2. The van der Waals surface area contributed by atoms with Crippen LogP contribution in [-0.4, -0.2) is 58.8 Å². The highest BCUT2D eigenvalue weighted by molar-refractivity contribution is 6.10. The fraction of sp³-hybridized carbons (Fsp3) is 0.432. The zero-order valence-corrected chi connectivity index (χ0v) is 32.0. The number of piperidine rings is 1. The molecule has 286 valence electrons. The van der Waals surface area contributed by atoms with Crippen molar-refractivity contribution in [1.29, 1.82) is 5.26 Å². The number of ether oxygens (including phenoxy) is 1. The number of nitrogens with zero attached hydrogens (tertiary/aromatic N) is 5. The summed E-state index contributed by atoms with van der Waals surface area (Å²) in [5, 5.41) is 17.0. The maximum absolute atomic E-state index is 14.3. The highest BCUT2D eigenvalue weighted by atomic mass is 19.1. The molecule has 11 heteroatoms. The maximum Gasteiger partial charge on any atom is 0.235 e. The number of amides is 2. The van der Waals surface area contributed by atoms with Crippen molar-refractivity contribution in [2.75, 3.05) is 30.3 Å². The molecule has 2 aliphatic carbocycles. The van der Waals surface area contributed by atoms with Crippen molar-refractivity contribution < 1.29 is 18.7 Å². The first-order chi connectivity index (χ1) is 26.6. The van der Waals surface area contributed by atoms with E-state index < -0.39 is 5.41 Å². The lowest BCUT2D eigenvalue weighted by Crippen LogP contribution is -2.38. The smallest absolute Gasteiger partial charge is 0.235 e. The molecule has 3 heterocycles. The summed E-state index contributed by atoms with van der Waals surface area (Å²) in [5.74, 6) is 0.460. The molecule has 1 spiro atoms. The van der Waals surface area contributed by atoms with E-state index in [-0.39, 0.29) is 35.6 Å². The zero-order valence-electron chi connectivity index (χ0n) is 32.0. The van der Waals surface area contributed by atoms with Crippen LogP contribution in [0.4, 0.5) is 15.8 Å². The van der Waals surface area contributed by atoms with Gasteiger partial charge in [-0.3, -0.25) is 19.5 Å². The number of nitriles is 1. The Balaban J connectivity index is 1.02. The van der Waals surface area contributed by atoms with Crippen molar-refractivity contribution in [2.24, 2.45) is 16.8 Å². The summed E-state index contributed by atoms with van der Waals surface area (Å²) in [6.45, 7) is 13.8. The van der Waals surface area contributed by atoms with E-state index in [1.54, 1.807) is 12.1 Å². The van der Waals surface area contributed by atoms with Crippen LogP contribution in [0.3, 0.4) is 0 Å². The third kappa shape index (κ3) is 8.12. The predicted molar refractivity (Wildman–Crippen MR) is 213 cm³/mol. The summed E-state index contributed by atoms with van der Waals surface area (Å²) < 4.78 is 22.7. The van der Waals surface area contributed by atoms with Crippen LogP contribution < -0.4 is 21.3 Å². The Morgan fingerprint density at radius 1 is 1.27 bits per heavy atom. The quantitative estimate of drug-likeness (QED) is 0.159. The van der Waals surface area contributed by atoms with E-state index in [1.165, 1.54) is 6.07 Å². The number of nitrogens with one attached hydrogen (secondary N) is 2. The Bertz CT molecular complexity index is 2220. The molecule has 2 aliphatic heterocycles. The molecule has 2 fully saturated rings. The highest BCUT2D eigenvalue weighted by Gasteiger charge is 2.56. The molecule has 2 atom stereocenters. The number of fused-ring (bicyclic) bond motifs is 3. The average Bonchev–Trinajstić information content (AvgIpc) is 3.86. The number of imidazole rings is 1. The molecular weight excluding hydrogens is 694 g/mol. The van der Waals surface area contributed by atoms with Crippen LogP contribution in [-0.2, 0) is 39.3 Å². The Labute approximate surface area is 322 Å². The number of likely N-dealkylation sites (tertiary alicyclic amines) is 1.